The molecule has 4 heteroatoms. The van der Waals surface area contributed by atoms with Crippen LogP contribution in [0.25, 0.3) is 0 Å². The standard InChI is InChI=1S/C11H14BrNO2/c1-8-7-10(3-4-11(8)12)15-6-5-13-9(2)14/h3-4,7H,5-6H2,1-2H3,(H,13,14). The van der Waals surface area contributed by atoms with Crippen LogP contribution in [0.1, 0.15) is 12.5 Å². The first-order valence-electron chi connectivity index (χ1n) is 4.73. The number of rotatable bonds is 4. The first kappa shape index (κ1) is 12.0. The number of carbonyl (C=O) groups excluding carboxylic acids is 1. The third kappa shape index (κ3) is 4.34. The zero-order valence-corrected chi connectivity index (χ0v) is 10.4. The van der Waals surface area contributed by atoms with Gasteiger partial charge in [0.25, 0.3) is 0 Å². The number of aryl methyl sites for hydroxylation is 1. The van der Waals surface area contributed by atoms with Crippen molar-refractivity contribution < 1.29 is 9.53 Å². The van der Waals surface area contributed by atoms with Crippen LogP contribution >= 0.6 is 15.9 Å². The third-order valence-electron chi connectivity index (χ3n) is 1.87. The molecule has 0 atom stereocenters. The number of ether oxygens (including phenoxy) is 1. The second kappa shape index (κ2) is 5.75. The van der Waals surface area contributed by atoms with Gasteiger partial charge < -0.3 is 10.1 Å². The molecule has 0 saturated heterocycles. The van der Waals surface area contributed by atoms with Crippen molar-refractivity contribution in [1.82, 2.24) is 5.32 Å². The van der Waals surface area contributed by atoms with Crippen LogP contribution in [0.4, 0.5) is 0 Å². The summed E-state index contributed by atoms with van der Waals surface area (Å²) >= 11 is 3.42. The largest absolute Gasteiger partial charge is 0.492 e. The second-order valence-corrected chi connectivity index (χ2v) is 4.10. The SMILES string of the molecule is CC(=O)NCCOc1ccc(Br)c(C)c1. The van der Waals surface area contributed by atoms with Gasteiger partial charge in [-0.2, -0.15) is 0 Å². The highest BCUT2D eigenvalue weighted by Crippen LogP contribution is 2.21. The molecule has 0 bridgehead atoms. The number of benzene rings is 1. The van der Waals surface area contributed by atoms with Crippen molar-refractivity contribution in [3.63, 3.8) is 0 Å². The van der Waals surface area contributed by atoms with E-state index in [1.54, 1.807) is 0 Å². The molecule has 1 aromatic carbocycles. The topological polar surface area (TPSA) is 38.3 Å². The molecule has 0 fully saturated rings. The molecule has 1 amide bonds. The number of nitrogens with one attached hydrogen (secondary N) is 1. The normalized spacial score (nSPS) is 9.80. The first-order valence-corrected chi connectivity index (χ1v) is 5.52. The Morgan fingerprint density at radius 2 is 2.27 bits per heavy atom. The van der Waals surface area contributed by atoms with E-state index in [0.717, 1.165) is 15.8 Å². The molecule has 1 rings (SSSR count). The minimum absolute atomic E-state index is 0.0365. The number of carbonyl (C=O) groups is 1. The average Bonchev–Trinajstić information content (AvgIpc) is 2.18. The fourth-order valence-corrected chi connectivity index (χ4v) is 1.35. The van der Waals surface area contributed by atoms with Gasteiger partial charge in [-0.1, -0.05) is 15.9 Å². The summed E-state index contributed by atoms with van der Waals surface area (Å²) in [6.07, 6.45) is 0. The van der Waals surface area contributed by atoms with Crippen LogP contribution in [0.3, 0.4) is 0 Å². The molecule has 0 aliphatic heterocycles. The molecular formula is C11H14BrNO2. The lowest BCUT2D eigenvalue weighted by atomic mass is 10.2. The molecule has 15 heavy (non-hydrogen) atoms. The molecule has 0 unspecified atom stereocenters. The predicted molar refractivity (Wildman–Crippen MR) is 63.1 cm³/mol. The summed E-state index contributed by atoms with van der Waals surface area (Å²) < 4.78 is 6.52. The molecule has 0 spiro atoms. The zero-order chi connectivity index (χ0) is 11.3. The van der Waals surface area contributed by atoms with E-state index in [2.05, 4.69) is 21.2 Å². The van der Waals surface area contributed by atoms with Gasteiger partial charge in [-0.15, -0.1) is 0 Å². The van der Waals surface area contributed by atoms with Crippen molar-refractivity contribution >= 4 is 21.8 Å². The summed E-state index contributed by atoms with van der Waals surface area (Å²) in [4.78, 5) is 10.6. The Balaban J connectivity index is 2.38. The Labute approximate surface area is 97.9 Å². The fraction of sp³-hybridized carbons (Fsp3) is 0.364. The number of halogens is 1. The molecule has 0 saturated carbocycles. The zero-order valence-electron chi connectivity index (χ0n) is 8.84. The second-order valence-electron chi connectivity index (χ2n) is 3.24. The summed E-state index contributed by atoms with van der Waals surface area (Å²) in [5.74, 6) is 0.784. The first-order chi connectivity index (χ1) is 7.09. The van der Waals surface area contributed by atoms with Crippen molar-refractivity contribution in [3.05, 3.63) is 28.2 Å². The van der Waals surface area contributed by atoms with E-state index in [9.17, 15) is 4.79 Å². The van der Waals surface area contributed by atoms with Gasteiger partial charge in [0.15, 0.2) is 0 Å². The predicted octanol–water partition coefficient (Wildman–Crippen LogP) is 2.27. The molecule has 0 radical (unpaired) electrons. The number of amides is 1. The summed E-state index contributed by atoms with van der Waals surface area (Å²) in [5.41, 5.74) is 1.13. The Bertz CT molecular complexity index is 352. The Morgan fingerprint density at radius 3 is 2.87 bits per heavy atom. The molecule has 1 N–H and O–H groups in total. The average molecular weight is 272 g/mol. The van der Waals surface area contributed by atoms with Gasteiger partial charge in [0, 0.05) is 11.4 Å². The van der Waals surface area contributed by atoms with Gasteiger partial charge in [0.1, 0.15) is 12.4 Å². The summed E-state index contributed by atoms with van der Waals surface area (Å²) in [5, 5.41) is 2.67. The Hall–Kier alpha value is -1.03. The highest BCUT2D eigenvalue weighted by molar-refractivity contribution is 9.10. The molecule has 3 nitrogen and oxygen atoms in total. The monoisotopic (exact) mass is 271 g/mol. The lowest BCUT2D eigenvalue weighted by Gasteiger charge is -2.07. The van der Waals surface area contributed by atoms with Gasteiger partial charge in [-0.3, -0.25) is 4.79 Å². The van der Waals surface area contributed by atoms with E-state index < -0.39 is 0 Å². The van der Waals surface area contributed by atoms with Crippen LogP contribution in [0.2, 0.25) is 0 Å². The highest BCUT2D eigenvalue weighted by Gasteiger charge is 1.98. The minimum Gasteiger partial charge on any atom is -0.492 e. The summed E-state index contributed by atoms with van der Waals surface area (Å²) in [6.45, 7) is 4.51. The van der Waals surface area contributed by atoms with Crippen molar-refractivity contribution in [2.45, 2.75) is 13.8 Å². The molecule has 0 aromatic heterocycles. The van der Waals surface area contributed by atoms with Crippen LogP contribution in [-0.4, -0.2) is 19.1 Å². The lowest BCUT2D eigenvalue weighted by molar-refractivity contribution is -0.119. The van der Waals surface area contributed by atoms with Crippen molar-refractivity contribution in [3.8, 4) is 5.75 Å². The smallest absolute Gasteiger partial charge is 0.216 e. The van der Waals surface area contributed by atoms with Crippen molar-refractivity contribution in [2.24, 2.45) is 0 Å². The third-order valence-corrected chi connectivity index (χ3v) is 2.76. The van der Waals surface area contributed by atoms with E-state index in [1.807, 2.05) is 25.1 Å². The van der Waals surface area contributed by atoms with Crippen LogP contribution in [0.15, 0.2) is 22.7 Å². The van der Waals surface area contributed by atoms with Crippen molar-refractivity contribution in [2.75, 3.05) is 13.2 Å². The van der Waals surface area contributed by atoms with Crippen LogP contribution in [0.5, 0.6) is 5.75 Å². The maximum Gasteiger partial charge on any atom is 0.216 e. The molecular weight excluding hydrogens is 258 g/mol. The van der Waals surface area contributed by atoms with Gasteiger partial charge in [-0.25, -0.2) is 0 Å². The minimum atomic E-state index is -0.0365. The highest BCUT2D eigenvalue weighted by atomic mass is 79.9. The quantitative estimate of drug-likeness (QED) is 0.854. The Kier molecular flexibility index (Phi) is 4.62. The molecule has 0 aliphatic rings. The van der Waals surface area contributed by atoms with Gasteiger partial charge >= 0.3 is 0 Å². The number of hydrogen-bond donors (Lipinski definition) is 1. The van der Waals surface area contributed by atoms with Crippen molar-refractivity contribution in [1.29, 1.82) is 0 Å². The maximum atomic E-state index is 10.6. The molecule has 0 aliphatic carbocycles. The summed E-state index contributed by atoms with van der Waals surface area (Å²) in [6, 6.07) is 5.80. The Morgan fingerprint density at radius 1 is 1.53 bits per heavy atom. The molecule has 0 heterocycles. The van der Waals surface area contributed by atoms with E-state index in [4.69, 9.17) is 4.74 Å². The van der Waals surface area contributed by atoms with E-state index in [-0.39, 0.29) is 5.91 Å². The van der Waals surface area contributed by atoms with Gasteiger partial charge in [0.2, 0.25) is 5.91 Å². The number of hydrogen-bond acceptors (Lipinski definition) is 2. The van der Waals surface area contributed by atoms with Gasteiger partial charge in [-0.05, 0) is 30.7 Å². The lowest BCUT2D eigenvalue weighted by Crippen LogP contribution is -2.25. The molecule has 1 aromatic rings. The fourth-order valence-electron chi connectivity index (χ4n) is 1.10. The van der Waals surface area contributed by atoms with Crippen LogP contribution < -0.4 is 10.1 Å². The van der Waals surface area contributed by atoms with E-state index >= 15 is 0 Å². The van der Waals surface area contributed by atoms with E-state index in [0.29, 0.717) is 13.2 Å². The van der Waals surface area contributed by atoms with E-state index in [1.165, 1.54) is 6.92 Å². The van der Waals surface area contributed by atoms with Crippen LogP contribution in [-0.2, 0) is 4.79 Å². The summed E-state index contributed by atoms with van der Waals surface area (Å²) in [7, 11) is 0. The molecule has 82 valence electrons. The maximum absolute atomic E-state index is 10.6. The van der Waals surface area contributed by atoms with Crippen LogP contribution in [0, 0.1) is 6.92 Å². The van der Waals surface area contributed by atoms with Gasteiger partial charge in [0.05, 0.1) is 6.54 Å².